The van der Waals surface area contributed by atoms with E-state index in [-0.39, 0.29) is 11.1 Å². The van der Waals surface area contributed by atoms with Crippen molar-refractivity contribution in [3.05, 3.63) is 28.6 Å². The lowest BCUT2D eigenvalue weighted by Gasteiger charge is -2.07. The van der Waals surface area contributed by atoms with Gasteiger partial charge >= 0.3 is 6.04 Å². The number of halogens is 4. The first-order valence-electron chi connectivity index (χ1n) is 4.03. The summed E-state index contributed by atoms with van der Waals surface area (Å²) < 4.78 is 49.4. The van der Waals surface area contributed by atoms with Gasteiger partial charge in [-0.15, -0.1) is 0 Å². The van der Waals surface area contributed by atoms with E-state index in [9.17, 15) is 22.4 Å². The molecule has 6 heteroatoms. The van der Waals surface area contributed by atoms with Crippen molar-refractivity contribution in [3.63, 3.8) is 0 Å². The van der Waals surface area contributed by atoms with E-state index in [4.69, 9.17) is 0 Å². The van der Waals surface area contributed by atoms with Crippen LogP contribution in [0.2, 0.25) is 0 Å². The summed E-state index contributed by atoms with van der Waals surface area (Å²) in [4.78, 5) is 13.6. The number of hydrogen-bond donors (Lipinski definition) is 0. The van der Waals surface area contributed by atoms with Gasteiger partial charge in [0.2, 0.25) is 0 Å². The van der Waals surface area contributed by atoms with Crippen LogP contribution in [-0.2, 0) is 20.0 Å². The van der Waals surface area contributed by atoms with E-state index in [1.807, 2.05) is 0 Å². The molecule has 0 radical (unpaired) electrons. The molecule has 0 saturated carbocycles. The number of alkyl halides is 3. The van der Waals surface area contributed by atoms with Crippen LogP contribution in [0, 0.1) is 0 Å². The van der Waals surface area contributed by atoms with Crippen LogP contribution in [0.25, 0.3) is 0 Å². The molecule has 15 heavy (non-hydrogen) atoms. The molecule has 2 nitrogen and oxygen atoms in total. The monoisotopic (exact) mass is 221 g/mol. The summed E-state index contributed by atoms with van der Waals surface area (Å²) >= 11 is 0. The van der Waals surface area contributed by atoms with Crippen LogP contribution in [0.1, 0.15) is 27.3 Å². The van der Waals surface area contributed by atoms with E-state index in [0.717, 1.165) is 6.07 Å². The Balaban J connectivity index is 3.35. The average molecular weight is 221 g/mol. The summed E-state index contributed by atoms with van der Waals surface area (Å²) in [6.07, 6.45) is 0. The molecule has 1 rings (SSSR count). The molecule has 0 amide bonds. The maximum Gasteiger partial charge on any atom is 0.350 e. The highest BCUT2D eigenvalue weighted by Gasteiger charge is 2.16. The molecule has 0 aromatic carbocycles. The van der Waals surface area contributed by atoms with Gasteiger partial charge in [-0.25, -0.2) is 18.2 Å². The molecule has 1 heterocycles. The Morgan fingerprint density at radius 2 is 1.87 bits per heavy atom. The van der Waals surface area contributed by atoms with Gasteiger partial charge in [0.05, 0.1) is 5.69 Å². The maximum absolute atomic E-state index is 12.4. The number of nitrogens with zero attached hydrogens (tertiary/aromatic N) is 1. The highest BCUT2D eigenvalue weighted by Crippen LogP contribution is 2.19. The third kappa shape index (κ3) is 2.31. The molecule has 0 bridgehead atoms. The molecule has 0 aliphatic rings. The van der Waals surface area contributed by atoms with E-state index in [1.165, 1.54) is 0 Å². The minimum Gasteiger partial charge on any atom is -0.254 e. The first kappa shape index (κ1) is 11.6. The Bertz CT molecular complexity index is 355. The van der Waals surface area contributed by atoms with E-state index in [0.29, 0.717) is 0 Å². The van der Waals surface area contributed by atoms with E-state index in [1.54, 1.807) is 0 Å². The molecule has 1 aromatic heterocycles. The highest BCUT2D eigenvalue weighted by molar-refractivity contribution is 5.86. The zero-order valence-corrected chi connectivity index (χ0v) is 7.57. The highest BCUT2D eigenvalue weighted by atomic mass is 19.1. The minimum atomic E-state index is -1.90. The standard InChI is InChI=1S/C9H7F4NO/c10-2-5-1-7(9(13)15)14-8(4-12)6(5)3-11/h1H,2-4H2. The predicted octanol–water partition coefficient (Wildman–Crippen LogP) is 2.60. The Labute approximate surface area is 82.9 Å². The molecule has 0 N–H and O–H groups in total. The number of carbonyl (C=O) groups is 1. The van der Waals surface area contributed by atoms with Gasteiger partial charge < -0.3 is 0 Å². The summed E-state index contributed by atoms with van der Waals surface area (Å²) in [7, 11) is 0. The van der Waals surface area contributed by atoms with Gasteiger partial charge in [0.15, 0.2) is 0 Å². The van der Waals surface area contributed by atoms with Crippen molar-refractivity contribution in [2.24, 2.45) is 0 Å². The lowest BCUT2D eigenvalue weighted by Crippen LogP contribution is -2.06. The van der Waals surface area contributed by atoms with Gasteiger partial charge in [-0.1, -0.05) is 0 Å². The molecule has 0 fully saturated rings. The van der Waals surface area contributed by atoms with Gasteiger partial charge in [0.1, 0.15) is 25.7 Å². The fraction of sp³-hybridized carbons (Fsp3) is 0.333. The minimum absolute atomic E-state index is 0.249. The molecular weight excluding hydrogens is 214 g/mol. The quantitative estimate of drug-likeness (QED) is 0.577. The van der Waals surface area contributed by atoms with Gasteiger partial charge in [-0.3, -0.25) is 4.79 Å². The zero-order chi connectivity index (χ0) is 11.4. The molecule has 1 aromatic rings. The van der Waals surface area contributed by atoms with Crippen molar-refractivity contribution in [2.45, 2.75) is 20.0 Å². The summed E-state index contributed by atoms with van der Waals surface area (Å²) in [6, 6.07) is -1.11. The second kappa shape index (κ2) is 4.86. The van der Waals surface area contributed by atoms with Gasteiger partial charge in [-0.05, 0) is 11.6 Å². The normalized spacial score (nSPS) is 10.4. The third-order valence-corrected chi connectivity index (χ3v) is 1.91. The molecule has 0 spiro atoms. The molecule has 0 saturated heterocycles. The summed E-state index contributed by atoms with van der Waals surface area (Å²) in [5.41, 5.74) is -1.65. The smallest absolute Gasteiger partial charge is 0.254 e. The third-order valence-electron chi connectivity index (χ3n) is 1.91. The number of rotatable bonds is 4. The van der Waals surface area contributed by atoms with Crippen molar-refractivity contribution in [1.82, 2.24) is 4.98 Å². The van der Waals surface area contributed by atoms with Crippen molar-refractivity contribution < 1.29 is 22.4 Å². The topological polar surface area (TPSA) is 30.0 Å². The van der Waals surface area contributed by atoms with Crippen LogP contribution >= 0.6 is 0 Å². The Kier molecular flexibility index (Phi) is 3.76. The Morgan fingerprint density at radius 1 is 1.20 bits per heavy atom. The molecule has 82 valence electrons. The lowest BCUT2D eigenvalue weighted by molar-refractivity contribution is 0.0829. The number of carbonyl (C=O) groups excluding carboxylic acids is 1. The predicted molar refractivity (Wildman–Crippen MR) is 44.1 cm³/mol. The molecular formula is C9H7F4NO. The SMILES string of the molecule is O=C(F)c1cc(CF)c(CF)c(CF)n1. The fourth-order valence-corrected chi connectivity index (χ4v) is 1.18. The van der Waals surface area contributed by atoms with Crippen molar-refractivity contribution in [3.8, 4) is 0 Å². The number of pyridine rings is 1. The first-order valence-corrected chi connectivity index (χ1v) is 4.03. The van der Waals surface area contributed by atoms with Crippen LogP contribution in [0.4, 0.5) is 17.6 Å². The number of hydrogen-bond acceptors (Lipinski definition) is 2. The molecule has 0 aliphatic heterocycles. The summed E-state index contributed by atoms with van der Waals surface area (Å²) in [5, 5.41) is 0. The van der Waals surface area contributed by atoms with E-state index >= 15 is 0 Å². The summed E-state index contributed by atoms with van der Waals surface area (Å²) in [6.45, 7) is -3.38. The first-order chi connectivity index (χ1) is 7.13. The fourth-order valence-electron chi connectivity index (χ4n) is 1.18. The molecule has 0 unspecified atom stereocenters. The van der Waals surface area contributed by atoms with Crippen LogP contribution < -0.4 is 0 Å². The number of aromatic nitrogens is 1. The molecule has 0 atom stereocenters. The van der Waals surface area contributed by atoms with Crippen molar-refractivity contribution in [1.29, 1.82) is 0 Å². The van der Waals surface area contributed by atoms with Gasteiger partial charge in [0.25, 0.3) is 0 Å². The second-order valence-electron chi connectivity index (χ2n) is 2.77. The van der Waals surface area contributed by atoms with E-state index < -0.39 is 37.4 Å². The lowest BCUT2D eigenvalue weighted by atomic mass is 10.1. The second-order valence-corrected chi connectivity index (χ2v) is 2.77. The van der Waals surface area contributed by atoms with E-state index in [2.05, 4.69) is 4.98 Å². The van der Waals surface area contributed by atoms with Crippen LogP contribution in [0.5, 0.6) is 0 Å². The van der Waals surface area contributed by atoms with Crippen LogP contribution in [0.15, 0.2) is 6.07 Å². The zero-order valence-electron chi connectivity index (χ0n) is 7.57. The molecule has 0 aliphatic carbocycles. The van der Waals surface area contributed by atoms with Gasteiger partial charge in [0, 0.05) is 5.56 Å². The Hall–Kier alpha value is -1.46. The van der Waals surface area contributed by atoms with Crippen LogP contribution in [-0.4, -0.2) is 11.0 Å². The maximum atomic E-state index is 12.4. The largest absolute Gasteiger partial charge is 0.350 e. The van der Waals surface area contributed by atoms with Crippen LogP contribution in [0.3, 0.4) is 0 Å². The average Bonchev–Trinajstić information content (AvgIpc) is 2.26. The van der Waals surface area contributed by atoms with Crippen molar-refractivity contribution in [2.75, 3.05) is 0 Å². The Morgan fingerprint density at radius 3 is 2.27 bits per heavy atom. The van der Waals surface area contributed by atoms with Crippen molar-refractivity contribution >= 4 is 6.04 Å². The van der Waals surface area contributed by atoms with Gasteiger partial charge in [-0.2, -0.15) is 4.39 Å². The summed E-state index contributed by atoms with van der Waals surface area (Å²) in [5.74, 6) is 0.